The summed E-state index contributed by atoms with van der Waals surface area (Å²) in [6.07, 6.45) is 0. The van der Waals surface area contributed by atoms with Gasteiger partial charge in [0.05, 0.1) is 4.88 Å². The van der Waals surface area contributed by atoms with Crippen LogP contribution < -0.4 is 9.94 Å². The lowest BCUT2D eigenvalue weighted by atomic mass is 10.4. The quantitative estimate of drug-likeness (QED) is 0.838. The van der Waals surface area contributed by atoms with E-state index in [4.69, 9.17) is 5.14 Å². The first-order valence-electron chi connectivity index (χ1n) is 4.57. The Balaban J connectivity index is 2.46. The molecule has 0 spiro atoms. The molecule has 0 bridgehead atoms. The maximum Gasteiger partial charge on any atom is 0.289 e. The fraction of sp³-hybridized carbons (Fsp3) is 0.125. The first kappa shape index (κ1) is 13.1. The van der Waals surface area contributed by atoms with E-state index in [0.29, 0.717) is 4.88 Å². The van der Waals surface area contributed by atoms with Gasteiger partial charge < -0.3 is 0 Å². The van der Waals surface area contributed by atoms with Crippen LogP contribution in [0.25, 0.3) is 0 Å². The van der Waals surface area contributed by atoms with Crippen molar-refractivity contribution in [3.8, 4) is 0 Å². The standard InChI is InChI=1S/C8H8N4O3S3/c1-12-7(17-8(11-12)18(9,14)15)10-6(13)5-3-2-4-16-5/h2-4H,1H3,(H2,9,14,15). The number of rotatable bonds is 2. The van der Waals surface area contributed by atoms with Crippen LogP contribution in [0, 0.1) is 0 Å². The van der Waals surface area contributed by atoms with E-state index in [2.05, 4.69) is 10.1 Å². The minimum atomic E-state index is -3.88. The molecule has 2 rings (SSSR count). The number of carbonyl (C=O) groups is 1. The molecule has 1 amide bonds. The summed E-state index contributed by atoms with van der Waals surface area (Å²) in [7, 11) is -2.38. The van der Waals surface area contributed by atoms with Crippen LogP contribution in [0.4, 0.5) is 0 Å². The summed E-state index contributed by atoms with van der Waals surface area (Å²) in [5, 5.41) is 10.4. The van der Waals surface area contributed by atoms with E-state index >= 15 is 0 Å². The van der Waals surface area contributed by atoms with Crippen molar-refractivity contribution < 1.29 is 13.2 Å². The van der Waals surface area contributed by atoms with Gasteiger partial charge in [-0.15, -0.1) is 16.4 Å². The van der Waals surface area contributed by atoms with E-state index in [1.54, 1.807) is 17.5 Å². The molecule has 2 N–H and O–H groups in total. The molecule has 0 aliphatic rings. The third-order valence-electron chi connectivity index (χ3n) is 1.86. The Bertz CT molecular complexity index is 739. The summed E-state index contributed by atoms with van der Waals surface area (Å²) >= 11 is 2.01. The van der Waals surface area contributed by atoms with Crippen LogP contribution >= 0.6 is 22.7 Å². The van der Waals surface area contributed by atoms with Crippen molar-refractivity contribution in [3.63, 3.8) is 0 Å². The number of thiophene rings is 1. The number of carbonyl (C=O) groups excluding carboxylic acids is 1. The van der Waals surface area contributed by atoms with Crippen LogP contribution in [0.2, 0.25) is 0 Å². The molecule has 0 saturated heterocycles. The molecule has 18 heavy (non-hydrogen) atoms. The number of aryl methyl sites for hydroxylation is 1. The summed E-state index contributed by atoms with van der Waals surface area (Å²) < 4.78 is 23.1. The molecule has 2 aromatic rings. The lowest BCUT2D eigenvalue weighted by Crippen LogP contribution is -2.15. The van der Waals surface area contributed by atoms with Gasteiger partial charge >= 0.3 is 0 Å². The number of sulfonamides is 1. The van der Waals surface area contributed by atoms with Crippen molar-refractivity contribution in [1.29, 1.82) is 0 Å². The van der Waals surface area contributed by atoms with Gasteiger partial charge in [0.2, 0.25) is 9.14 Å². The fourth-order valence-electron chi connectivity index (χ4n) is 1.08. The number of hydrogen-bond acceptors (Lipinski definition) is 6. The fourth-order valence-corrected chi connectivity index (χ4v) is 3.24. The lowest BCUT2D eigenvalue weighted by molar-refractivity contribution is 0.100. The number of nitrogens with two attached hydrogens (primary N) is 1. The second-order valence-corrected chi connectivity index (χ2v) is 6.85. The highest BCUT2D eigenvalue weighted by atomic mass is 32.2. The molecule has 96 valence electrons. The summed E-state index contributed by atoms with van der Waals surface area (Å²) in [4.78, 5) is 16.2. The smallest absolute Gasteiger partial charge is 0.266 e. The highest BCUT2D eigenvalue weighted by Crippen LogP contribution is 2.10. The zero-order chi connectivity index (χ0) is 13.3. The lowest BCUT2D eigenvalue weighted by Gasteiger charge is -1.88. The molecule has 0 saturated carbocycles. The van der Waals surface area contributed by atoms with Gasteiger partial charge in [0.25, 0.3) is 15.9 Å². The Morgan fingerprint density at radius 2 is 2.28 bits per heavy atom. The molecule has 2 heterocycles. The van der Waals surface area contributed by atoms with Gasteiger partial charge in [0, 0.05) is 7.05 Å². The van der Waals surface area contributed by atoms with Crippen molar-refractivity contribution in [2.75, 3.05) is 0 Å². The number of hydrogen-bond donors (Lipinski definition) is 1. The van der Waals surface area contributed by atoms with Gasteiger partial charge in [-0.05, 0) is 11.4 Å². The van der Waals surface area contributed by atoms with Crippen LogP contribution in [-0.4, -0.2) is 24.1 Å². The Morgan fingerprint density at radius 1 is 1.56 bits per heavy atom. The van der Waals surface area contributed by atoms with Crippen molar-refractivity contribution in [2.24, 2.45) is 17.2 Å². The van der Waals surface area contributed by atoms with Gasteiger partial charge in [-0.25, -0.2) is 18.2 Å². The second kappa shape index (κ2) is 4.72. The zero-order valence-electron chi connectivity index (χ0n) is 9.10. The van der Waals surface area contributed by atoms with Crippen LogP contribution in [-0.2, 0) is 17.1 Å². The Kier molecular flexibility index (Phi) is 3.43. The maximum atomic E-state index is 11.7. The summed E-state index contributed by atoms with van der Waals surface area (Å²) in [5.74, 6) is -0.440. The second-order valence-electron chi connectivity index (χ2n) is 3.21. The van der Waals surface area contributed by atoms with Crippen molar-refractivity contribution in [3.05, 3.63) is 27.2 Å². The normalized spacial score (nSPS) is 12.9. The summed E-state index contributed by atoms with van der Waals surface area (Å²) in [5.41, 5.74) is 0. The van der Waals surface area contributed by atoms with E-state index in [9.17, 15) is 13.2 Å². The molecule has 2 aromatic heterocycles. The number of primary sulfonamides is 1. The number of aromatic nitrogens is 2. The van der Waals surface area contributed by atoms with Gasteiger partial charge in [-0.3, -0.25) is 4.79 Å². The van der Waals surface area contributed by atoms with E-state index in [1.165, 1.54) is 23.1 Å². The Labute approximate surface area is 110 Å². The predicted molar refractivity (Wildman–Crippen MR) is 66.7 cm³/mol. The number of amides is 1. The van der Waals surface area contributed by atoms with E-state index < -0.39 is 15.9 Å². The van der Waals surface area contributed by atoms with Crippen LogP contribution in [0.15, 0.2) is 26.8 Å². The van der Waals surface area contributed by atoms with Crippen molar-refractivity contribution in [1.82, 2.24) is 9.78 Å². The average Bonchev–Trinajstić information content (AvgIpc) is 2.87. The van der Waals surface area contributed by atoms with E-state index in [-0.39, 0.29) is 9.14 Å². The van der Waals surface area contributed by atoms with E-state index in [0.717, 1.165) is 11.3 Å². The third kappa shape index (κ3) is 2.72. The van der Waals surface area contributed by atoms with Crippen molar-refractivity contribution in [2.45, 2.75) is 4.34 Å². The largest absolute Gasteiger partial charge is 0.289 e. The van der Waals surface area contributed by atoms with Gasteiger partial charge in [-0.1, -0.05) is 17.4 Å². The minimum Gasteiger partial charge on any atom is -0.266 e. The SMILES string of the molecule is Cn1nc(S(N)(=O)=O)sc1=NC(=O)c1cccs1. The molecular weight excluding hydrogens is 296 g/mol. The first-order valence-corrected chi connectivity index (χ1v) is 7.81. The average molecular weight is 304 g/mol. The van der Waals surface area contributed by atoms with Gasteiger partial charge in [-0.2, -0.15) is 4.99 Å². The Morgan fingerprint density at radius 3 is 2.78 bits per heavy atom. The topological polar surface area (TPSA) is 107 Å². The van der Waals surface area contributed by atoms with E-state index in [1.807, 2.05) is 0 Å². The molecule has 0 unspecified atom stereocenters. The van der Waals surface area contributed by atoms with Gasteiger partial charge in [0.15, 0.2) is 0 Å². The highest BCUT2D eigenvalue weighted by Gasteiger charge is 2.15. The third-order valence-corrected chi connectivity index (χ3v) is 5.03. The van der Waals surface area contributed by atoms with Gasteiger partial charge in [0.1, 0.15) is 0 Å². The predicted octanol–water partition coefficient (Wildman–Crippen LogP) is -0.0684. The molecule has 0 aliphatic carbocycles. The molecule has 0 aliphatic heterocycles. The molecular formula is C8H8N4O3S3. The zero-order valence-corrected chi connectivity index (χ0v) is 11.6. The van der Waals surface area contributed by atoms with Crippen LogP contribution in [0.5, 0.6) is 0 Å². The number of nitrogens with zero attached hydrogens (tertiary/aromatic N) is 3. The monoisotopic (exact) mass is 304 g/mol. The molecule has 10 heteroatoms. The Hall–Kier alpha value is -1.36. The molecule has 7 nitrogen and oxygen atoms in total. The molecule has 0 aromatic carbocycles. The summed E-state index contributed by atoms with van der Waals surface area (Å²) in [6, 6.07) is 3.37. The van der Waals surface area contributed by atoms with Crippen LogP contribution in [0.1, 0.15) is 9.67 Å². The minimum absolute atomic E-state index is 0.178. The molecule has 0 atom stereocenters. The van der Waals surface area contributed by atoms with Crippen molar-refractivity contribution >= 4 is 38.6 Å². The van der Waals surface area contributed by atoms with Crippen LogP contribution in [0.3, 0.4) is 0 Å². The molecule has 0 fully saturated rings. The summed E-state index contributed by atoms with van der Waals surface area (Å²) in [6.45, 7) is 0. The first-order chi connectivity index (χ1) is 8.38. The maximum absolute atomic E-state index is 11.7. The molecule has 0 radical (unpaired) electrons. The highest BCUT2D eigenvalue weighted by molar-refractivity contribution is 7.91.